The maximum Gasteiger partial charge on any atom is 0.255 e. The molecule has 1 aromatic heterocycles. The second-order valence-electron chi connectivity index (χ2n) is 4.06. The van der Waals surface area contributed by atoms with Gasteiger partial charge in [-0.15, -0.1) is 0 Å². The minimum atomic E-state index is -0.538. The number of hydrogen-bond acceptors (Lipinski definition) is 2. The van der Waals surface area contributed by atoms with E-state index < -0.39 is 11.7 Å². The fourth-order valence-corrected chi connectivity index (χ4v) is 2.25. The SMILES string of the molecule is Cn1ccnc1CCNC(=O)c1c(F)cccc1Br. The molecule has 0 spiro atoms. The van der Waals surface area contributed by atoms with Crippen molar-refractivity contribution in [2.24, 2.45) is 7.05 Å². The Labute approximate surface area is 118 Å². The molecule has 0 aliphatic heterocycles. The molecule has 0 radical (unpaired) electrons. The van der Waals surface area contributed by atoms with Crippen molar-refractivity contribution in [3.8, 4) is 0 Å². The monoisotopic (exact) mass is 325 g/mol. The summed E-state index contributed by atoms with van der Waals surface area (Å²) < 4.78 is 15.9. The molecule has 1 aromatic carbocycles. The molecule has 19 heavy (non-hydrogen) atoms. The molecule has 0 saturated heterocycles. The van der Waals surface area contributed by atoms with E-state index in [9.17, 15) is 9.18 Å². The highest BCUT2D eigenvalue weighted by Crippen LogP contribution is 2.19. The van der Waals surface area contributed by atoms with Gasteiger partial charge in [-0.1, -0.05) is 6.07 Å². The number of aromatic nitrogens is 2. The van der Waals surface area contributed by atoms with Crippen molar-refractivity contribution >= 4 is 21.8 Å². The number of nitrogens with one attached hydrogen (secondary N) is 1. The third-order valence-electron chi connectivity index (χ3n) is 2.74. The minimum Gasteiger partial charge on any atom is -0.351 e. The average Bonchev–Trinajstić information content (AvgIpc) is 2.75. The summed E-state index contributed by atoms with van der Waals surface area (Å²) in [4.78, 5) is 16.0. The van der Waals surface area contributed by atoms with Crippen LogP contribution in [-0.2, 0) is 13.5 Å². The number of aryl methyl sites for hydroxylation is 1. The van der Waals surface area contributed by atoms with E-state index in [2.05, 4.69) is 26.2 Å². The Morgan fingerprint density at radius 1 is 1.53 bits per heavy atom. The fourth-order valence-electron chi connectivity index (χ4n) is 1.73. The van der Waals surface area contributed by atoms with Crippen LogP contribution in [0.15, 0.2) is 35.1 Å². The van der Waals surface area contributed by atoms with Crippen LogP contribution in [0.25, 0.3) is 0 Å². The molecule has 0 aliphatic rings. The summed E-state index contributed by atoms with van der Waals surface area (Å²) in [5.41, 5.74) is 0.0299. The van der Waals surface area contributed by atoms with E-state index in [0.717, 1.165) is 5.82 Å². The molecule has 2 rings (SSSR count). The highest BCUT2D eigenvalue weighted by molar-refractivity contribution is 9.10. The van der Waals surface area contributed by atoms with E-state index in [1.54, 1.807) is 18.3 Å². The van der Waals surface area contributed by atoms with Crippen molar-refractivity contribution in [1.29, 1.82) is 0 Å². The number of rotatable bonds is 4. The molecule has 0 fully saturated rings. The summed E-state index contributed by atoms with van der Waals surface area (Å²) in [6.07, 6.45) is 4.14. The highest BCUT2D eigenvalue weighted by Gasteiger charge is 2.14. The number of carbonyl (C=O) groups excluding carboxylic acids is 1. The first kappa shape index (κ1) is 13.7. The van der Waals surface area contributed by atoms with Crippen LogP contribution in [0.3, 0.4) is 0 Å². The molecule has 0 aliphatic carbocycles. The fraction of sp³-hybridized carbons (Fsp3) is 0.231. The van der Waals surface area contributed by atoms with Gasteiger partial charge in [-0.2, -0.15) is 0 Å². The Hall–Kier alpha value is -1.69. The molecule has 0 saturated carbocycles. The highest BCUT2D eigenvalue weighted by atomic mass is 79.9. The molecular weight excluding hydrogens is 313 g/mol. The third kappa shape index (κ3) is 3.20. The predicted molar refractivity (Wildman–Crippen MR) is 73.3 cm³/mol. The molecular formula is C13H13BrFN3O. The first-order chi connectivity index (χ1) is 9.09. The lowest BCUT2D eigenvalue weighted by molar-refractivity contribution is 0.0949. The van der Waals surface area contributed by atoms with Gasteiger partial charge in [0.1, 0.15) is 11.6 Å². The Kier molecular flexibility index (Phi) is 4.31. The van der Waals surface area contributed by atoms with Crippen molar-refractivity contribution in [2.45, 2.75) is 6.42 Å². The average molecular weight is 326 g/mol. The Balaban J connectivity index is 1.97. The van der Waals surface area contributed by atoms with E-state index in [0.29, 0.717) is 17.4 Å². The van der Waals surface area contributed by atoms with Crippen molar-refractivity contribution in [2.75, 3.05) is 6.54 Å². The first-order valence-corrected chi connectivity index (χ1v) is 6.57. The van der Waals surface area contributed by atoms with Gasteiger partial charge in [-0.05, 0) is 28.1 Å². The summed E-state index contributed by atoms with van der Waals surface area (Å²) >= 11 is 3.17. The lowest BCUT2D eigenvalue weighted by Crippen LogP contribution is -2.27. The summed E-state index contributed by atoms with van der Waals surface area (Å²) in [7, 11) is 1.89. The van der Waals surface area contributed by atoms with Crippen LogP contribution < -0.4 is 5.32 Å². The number of halogens is 2. The lowest BCUT2D eigenvalue weighted by atomic mass is 10.2. The van der Waals surface area contributed by atoms with Gasteiger partial charge < -0.3 is 9.88 Å². The summed E-state index contributed by atoms with van der Waals surface area (Å²) in [5, 5.41) is 2.68. The predicted octanol–water partition coefficient (Wildman–Crippen LogP) is 2.29. The largest absolute Gasteiger partial charge is 0.351 e. The van der Waals surface area contributed by atoms with E-state index >= 15 is 0 Å². The van der Waals surface area contributed by atoms with E-state index in [4.69, 9.17) is 0 Å². The van der Waals surface area contributed by atoms with Gasteiger partial charge in [0.25, 0.3) is 5.91 Å². The third-order valence-corrected chi connectivity index (χ3v) is 3.41. The zero-order chi connectivity index (χ0) is 13.8. The first-order valence-electron chi connectivity index (χ1n) is 5.78. The smallest absolute Gasteiger partial charge is 0.255 e. The van der Waals surface area contributed by atoms with Crippen molar-refractivity contribution < 1.29 is 9.18 Å². The molecule has 4 nitrogen and oxygen atoms in total. The number of benzene rings is 1. The van der Waals surface area contributed by atoms with E-state index in [-0.39, 0.29) is 5.56 Å². The van der Waals surface area contributed by atoms with Gasteiger partial charge in [-0.25, -0.2) is 9.37 Å². The van der Waals surface area contributed by atoms with Crippen LogP contribution in [0, 0.1) is 5.82 Å². The number of imidazole rings is 1. The maximum absolute atomic E-state index is 13.6. The van der Waals surface area contributed by atoms with Crippen molar-refractivity contribution in [1.82, 2.24) is 14.9 Å². The van der Waals surface area contributed by atoms with Crippen LogP contribution >= 0.6 is 15.9 Å². The molecule has 0 bridgehead atoms. The van der Waals surface area contributed by atoms with Crippen LogP contribution in [0.5, 0.6) is 0 Å². The molecule has 6 heteroatoms. The number of carbonyl (C=O) groups is 1. The van der Waals surface area contributed by atoms with Crippen LogP contribution in [0.2, 0.25) is 0 Å². The second-order valence-corrected chi connectivity index (χ2v) is 4.91. The van der Waals surface area contributed by atoms with E-state index in [1.165, 1.54) is 6.07 Å². The van der Waals surface area contributed by atoms with Gasteiger partial charge in [0, 0.05) is 36.9 Å². The zero-order valence-electron chi connectivity index (χ0n) is 10.4. The Bertz CT molecular complexity index is 577. The quantitative estimate of drug-likeness (QED) is 0.937. The van der Waals surface area contributed by atoms with Gasteiger partial charge in [-0.3, -0.25) is 4.79 Å². The van der Waals surface area contributed by atoms with Crippen molar-refractivity contribution in [3.05, 3.63) is 52.3 Å². The molecule has 2 aromatic rings. The Morgan fingerprint density at radius 2 is 2.32 bits per heavy atom. The van der Waals surface area contributed by atoms with Gasteiger partial charge in [0.15, 0.2) is 0 Å². The molecule has 1 heterocycles. The maximum atomic E-state index is 13.6. The van der Waals surface area contributed by atoms with Crippen LogP contribution in [0.4, 0.5) is 4.39 Å². The Morgan fingerprint density at radius 3 is 2.95 bits per heavy atom. The molecule has 1 N–H and O–H groups in total. The minimum absolute atomic E-state index is 0.0299. The summed E-state index contributed by atoms with van der Waals surface area (Å²) in [6.45, 7) is 0.407. The van der Waals surface area contributed by atoms with E-state index in [1.807, 2.05) is 17.8 Å². The molecule has 0 atom stereocenters. The number of amides is 1. The molecule has 0 unspecified atom stereocenters. The van der Waals surface area contributed by atoms with Crippen LogP contribution in [0.1, 0.15) is 16.2 Å². The second kappa shape index (κ2) is 5.97. The molecule has 100 valence electrons. The normalized spacial score (nSPS) is 10.5. The van der Waals surface area contributed by atoms with Gasteiger partial charge in [0.2, 0.25) is 0 Å². The summed E-state index contributed by atoms with van der Waals surface area (Å²) in [6, 6.07) is 4.44. The molecule has 1 amide bonds. The zero-order valence-corrected chi connectivity index (χ0v) is 11.9. The van der Waals surface area contributed by atoms with Crippen molar-refractivity contribution in [3.63, 3.8) is 0 Å². The topological polar surface area (TPSA) is 46.9 Å². The van der Waals surface area contributed by atoms with Gasteiger partial charge >= 0.3 is 0 Å². The summed E-state index contributed by atoms with van der Waals surface area (Å²) in [5.74, 6) is -0.101. The van der Waals surface area contributed by atoms with Crippen LogP contribution in [-0.4, -0.2) is 22.0 Å². The standard InChI is InChI=1S/C13H13BrFN3O/c1-18-8-7-16-11(18)5-6-17-13(19)12-9(14)3-2-4-10(12)15/h2-4,7-8H,5-6H2,1H3,(H,17,19). The number of nitrogens with zero attached hydrogens (tertiary/aromatic N) is 2. The number of hydrogen-bond donors (Lipinski definition) is 1. The van der Waals surface area contributed by atoms with Gasteiger partial charge in [0.05, 0.1) is 5.56 Å². The lowest BCUT2D eigenvalue weighted by Gasteiger charge is -2.07.